The zero-order valence-electron chi connectivity index (χ0n) is 10.6. The fraction of sp³-hybridized carbons (Fsp3) is 0.133. The lowest BCUT2D eigenvalue weighted by atomic mass is 10.0. The smallest absolute Gasteiger partial charge is 0.168 e. The molecular formula is C15H11BrFIO2. The van der Waals surface area contributed by atoms with Crippen LogP contribution in [0.15, 0.2) is 40.9 Å². The highest BCUT2D eigenvalue weighted by atomic mass is 127. The molecule has 0 aliphatic rings. The normalized spacial score (nSPS) is 10.4. The van der Waals surface area contributed by atoms with Gasteiger partial charge in [0.2, 0.25) is 0 Å². The molecule has 104 valence electrons. The first-order valence-electron chi connectivity index (χ1n) is 5.82. The summed E-state index contributed by atoms with van der Waals surface area (Å²) in [4.78, 5) is 12.3. The first-order valence-corrected chi connectivity index (χ1v) is 7.69. The molecule has 2 aromatic rings. The minimum absolute atomic E-state index is 0.0414. The molecule has 0 bridgehead atoms. The summed E-state index contributed by atoms with van der Waals surface area (Å²) in [6.07, 6.45) is 0.160. The number of rotatable bonds is 4. The van der Waals surface area contributed by atoms with Gasteiger partial charge in [-0.25, -0.2) is 4.39 Å². The number of benzene rings is 2. The molecule has 2 nitrogen and oxygen atoms in total. The van der Waals surface area contributed by atoms with Gasteiger partial charge < -0.3 is 4.74 Å². The summed E-state index contributed by atoms with van der Waals surface area (Å²) >= 11 is 5.47. The summed E-state index contributed by atoms with van der Waals surface area (Å²) in [6.45, 7) is 0. The summed E-state index contributed by atoms with van der Waals surface area (Å²) < 4.78 is 20.2. The second-order valence-corrected chi connectivity index (χ2v) is 6.27. The Balaban J connectivity index is 2.23. The lowest BCUT2D eigenvalue weighted by Gasteiger charge is -2.07. The van der Waals surface area contributed by atoms with Crippen LogP contribution in [0.2, 0.25) is 0 Å². The van der Waals surface area contributed by atoms with E-state index in [1.807, 2.05) is 12.1 Å². The van der Waals surface area contributed by atoms with Gasteiger partial charge in [0.25, 0.3) is 0 Å². The topological polar surface area (TPSA) is 26.3 Å². The van der Waals surface area contributed by atoms with Crippen LogP contribution in [-0.2, 0) is 6.42 Å². The summed E-state index contributed by atoms with van der Waals surface area (Å²) in [5.41, 5.74) is 1.26. The van der Waals surface area contributed by atoms with E-state index in [2.05, 4.69) is 38.5 Å². The van der Waals surface area contributed by atoms with Crippen molar-refractivity contribution in [3.05, 3.63) is 61.4 Å². The van der Waals surface area contributed by atoms with Crippen molar-refractivity contribution in [2.45, 2.75) is 6.42 Å². The van der Waals surface area contributed by atoms with Gasteiger partial charge in [-0.15, -0.1) is 0 Å². The van der Waals surface area contributed by atoms with Crippen LogP contribution in [0.5, 0.6) is 5.75 Å². The molecule has 2 aromatic carbocycles. The van der Waals surface area contributed by atoms with E-state index in [0.29, 0.717) is 11.1 Å². The van der Waals surface area contributed by atoms with Gasteiger partial charge in [-0.3, -0.25) is 4.79 Å². The van der Waals surface area contributed by atoms with E-state index in [4.69, 9.17) is 4.74 Å². The Labute approximate surface area is 138 Å². The van der Waals surface area contributed by atoms with Crippen LogP contribution >= 0.6 is 38.5 Å². The van der Waals surface area contributed by atoms with Crippen LogP contribution in [0.3, 0.4) is 0 Å². The average Bonchev–Trinajstić information content (AvgIpc) is 2.41. The maximum absolute atomic E-state index is 13.6. The van der Waals surface area contributed by atoms with E-state index >= 15 is 0 Å². The third kappa shape index (κ3) is 3.58. The Morgan fingerprint density at radius 3 is 2.70 bits per heavy atom. The van der Waals surface area contributed by atoms with Crippen molar-refractivity contribution < 1.29 is 13.9 Å². The highest BCUT2D eigenvalue weighted by Gasteiger charge is 2.13. The van der Waals surface area contributed by atoms with E-state index < -0.39 is 5.82 Å². The standard InChI is InChI=1S/C15H11BrFIO2/c1-20-15-5-2-9(6-12(15)17)7-14(19)11-8-10(16)3-4-13(11)18/h2-6,8H,7H2,1H3. The van der Waals surface area contributed by atoms with E-state index in [1.54, 1.807) is 12.1 Å². The molecule has 0 fully saturated rings. The van der Waals surface area contributed by atoms with Crippen molar-refractivity contribution in [1.29, 1.82) is 0 Å². The number of hydrogen-bond acceptors (Lipinski definition) is 2. The van der Waals surface area contributed by atoms with E-state index in [-0.39, 0.29) is 18.0 Å². The Morgan fingerprint density at radius 1 is 1.30 bits per heavy atom. The fourth-order valence-corrected chi connectivity index (χ4v) is 2.81. The number of carbonyl (C=O) groups excluding carboxylic acids is 1. The third-order valence-corrected chi connectivity index (χ3v) is 4.24. The maximum atomic E-state index is 13.6. The molecule has 0 N–H and O–H groups in total. The van der Waals surface area contributed by atoms with Gasteiger partial charge in [0.05, 0.1) is 7.11 Å². The SMILES string of the molecule is COc1ccc(CC(=O)c2cc(Br)ccc2I)cc1F. The minimum Gasteiger partial charge on any atom is -0.494 e. The molecule has 0 unspecified atom stereocenters. The molecule has 2 rings (SSSR count). The molecule has 0 radical (unpaired) electrons. The van der Waals surface area contributed by atoms with Gasteiger partial charge >= 0.3 is 0 Å². The number of Topliss-reactive ketones (excluding diaryl/α,β-unsaturated/α-hetero) is 1. The van der Waals surface area contributed by atoms with Crippen molar-refractivity contribution in [2.24, 2.45) is 0 Å². The van der Waals surface area contributed by atoms with Gasteiger partial charge in [-0.2, -0.15) is 0 Å². The molecule has 0 saturated carbocycles. The zero-order valence-corrected chi connectivity index (χ0v) is 14.4. The first kappa shape index (κ1) is 15.4. The molecule has 5 heteroatoms. The lowest BCUT2D eigenvalue weighted by Crippen LogP contribution is -2.06. The summed E-state index contributed by atoms with van der Waals surface area (Å²) in [7, 11) is 1.41. The Kier molecular flexibility index (Phi) is 5.15. The lowest BCUT2D eigenvalue weighted by molar-refractivity contribution is 0.0992. The molecule has 0 aliphatic carbocycles. The van der Waals surface area contributed by atoms with Gasteiger partial charge in [0.15, 0.2) is 17.3 Å². The van der Waals surface area contributed by atoms with Crippen molar-refractivity contribution in [3.8, 4) is 5.75 Å². The number of halogens is 3. The molecule has 0 atom stereocenters. The molecule has 0 saturated heterocycles. The quantitative estimate of drug-likeness (QED) is 0.503. The molecule has 0 heterocycles. The van der Waals surface area contributed by atoms with Crippen LogP contribution in [0.4, 0.5) is 4.39 Å². The van der Waals surface area contributed by atoms with Crippen molar-refractivity contribution in [1.82, 2.24) is 0 Å². The van der Waals surface area contributed by atoms with Crippen molar-refractivity contribution in [3.63, 3.8) is 0 Å². The van der Waals surface area contributed by atoms with E-state index in [1.165, 1.54) is 19.2 Å². The summed E-state index contributed by atoms with van der Waals surface area (Å²) in [6, 6.07) is 10.1. The zero-order chi connectivity index (χ0) is 14.7. The highest BCUT2D eigenvalue weighted by Crippen LogP contribution is 2.22. The van der Waals surface area contributed by atoms with Gasteiger partial charge in [0.1, 0.15) is 0 Å². The molecule has 20 heavy (non-hydrogen) atoms. The second kappa shape index (κ2) is 6.67. The summed E-state index contributed by atoms with van der Waals surface area (Å²) in [5.74, 6) is -0.319. The number of carbonyl (C=O) groups is 1. The number of ketones is 1. The maximum Gasteiger partial charge on any atom is 0.168 e. The number of methoxy groups -OCH3 is 1. The Morgan fingerprint density at radius 2 is 2.05 bits per heavy atom. The average molecular weight is 449 g/mol. The molecular weight excluding hydrogens is 438 g/mol. The number of hydrogen-bond donors (Lipinski definition) is 0. The van der Waals surface area contributed by atoms with Gasteiger partial charge in [0, 0.05) is 20.0 Å². The largest absolute Gasteiger partial charge is 0.494 e. The van der Waals surface area contributed by atoms with Crippen molar-refractivity contribution >= 4 is 44.3 Å². The third-order valence-electron chi connectivity index (χ3n) is 2.81. The van der Waals surface area contributed by atoms with E-state index in [9.17, 15) is 9.18 Å². The minimum atomic E-state index is -0.457. The van der Waals surface area contributed by atoms with Crippen molar-refractivity contribution in [2.75, 3.05) is 7.11 Å². The first-order chi connectivity index (χ1) is 9.51. The molecule has 0 amide bonds. The van der Waals surface area contributed by atoms with Gasteiger partial charge in [-0.05, 0) is 58.5 Å². The Bertz CT molecular complexity index is 658. The number of ether oxygens (including phenoxy) is 1. The van der Waals surface area contributed by atoms with E-state index in [0.717, 1.165) is 8.04 Å². The van der Waals surface area contributed by atoms with Gasteiger partial charge in [-0.1, -0.05) is 22.0 Å². The predicted molar refractivity (Wildman–Crippen MR) is 87.8 cm³/mol. The highest BCUT2D eigenvalue weighted by molar-refractivity contribution is 14.1. The molecule has 0 spiro atoms. The molecule has 0 aliphatic heterocycles. The van der Waals surface area contributed by atoms with Crippen LogP contribution in [0.25, 0.3) is 0 Å². The predicted octanol–water partition coefficient (Wildman–Crippen LogP) is 4.63. The Hall–Kier alpha value is -0.950. The molecule has 0 aromatic heterocycles. The summed E-state index contributed by atoms with van der Waals surface area (Å²) in [5, 5.41) is 0. The van der Waals surface area contributed by atoms with Crippen LogP contribution in [0.1, 0.15) is 15.9 Å². The van der Waals surface area contributed by atoms with Crippen LogP contribution in [0, 0.1) is 9.39 Å². The second-order valence-electron chi connectivity index (χ2n) is 4.19. The van der Waals surface area contributed by atoms with Crippen LogP contribution < -0.4 is 4.74 Å². The fourth-order valence-electron chi connectivity index (χ4n) is 1.81. The monoisotopic (exact) mass is 448 g/mol. The van der Waals surface area contributed by atoms with Crippen LogP contribution in [-0.4, -0.2) is 12.9 Å².